The summed E-state index contributed by atoms with van der Waals surface area (Å²) in [4.78, 5) is 13.7. The van der Waals surface area contributed by atoms with Crippen LogP contribution in [0.15, 0.2) is 36.4 Å². The van der Waals surface area contributed by atoms with E-state index in [2.05, 4.69) is 52.3 Å². The van der Waals surface area contributed by atoms with E-state index in [0.29, 0.717) is 25.2 Å². The molecule has 1 radical (unpaired) electrons. The van der Waals surface area contributed by atoms with Gasteiger partial charge in [-0.05, 0) is 50.4 Å². The first-order chi connectivity index (χ1) is 14.2. The van der Waals surface area contributed by atoms with E-state index in [1.54, 1.807) is 0 Å². The molecule has 1 aromatic heterocycles. The molecule has 0 saturated carbocycles. The summed E-state index contributed by atoms with van der Waals surface area (Å²) in [7, 11) is 2.15. The standard InChI is InChI=1S/C23H24ClN4O/c1-27-11-4-7-18(27)15-29-23-25-13-17-10-12-28(14-20(17)26-23)21-9-3-6-16-5-2-8-19(24)22(16)21/h2-3,5-6,8-9,18H,4,7,10-12,14-15H2,1H3/t18-/m0/s1. The highest BCUT2D eigenvalue weighted by atomic mass is 35.5. The van der Waals surface area contributed by atoms with E-state index in [-0.39, 0.29) is 0 Å². The summed E-state index contributed by atoms with van der Waals surface area (Å²) in [5, 5.41) is 3.03. The van der Waals surface area contributed by atoms with Crippen molar-refractivity contribution >= 4 is 28.1 Å². The molecule has 5 rings (SSSR count). The summed E-state index contributed by atoms with van der Waals surface area (Å²) in [6, 6.07) is 13.3. The minimum atomic E-state index is 0.432. The van der Waals surface area contributed by atoms with Crippen molar-refractivity contribution in [1.82, 2.24) is 14.9 Å². The van der Waals surface area contributed by atoms with Crippen molar-refractivity contribution in [3.63, 3.8) is 0 Å². The summed E-state index contributed by atoms with van der Waals surface area (Å²) in [5.74, 6) is 0. The number of fused-ring (bicyclic) bond motifs is 2. The number of benzene rings is 2. The van der Waals surface area contributed by atoms with E-state index in [1.807, 2.05) is 12.1 Å². The van der Waals surface area contributed by atoms with Crippen molar-refractivity contribution in [2.45, 2.75) is 31.8 Å². The Morgan fingerprint density at radius 3 is 2.90 bits per heavy atom. The number of anilines is 1. The lowest BCUT2D eigenvalue weighted by Crippen LogP contribution is -2.32. The third-order valence-corrected chi connectivity index (χ3v) is 6.40. The fourth-order valence-electron chi connectivity index (χ4n) is 4.40. The highest BCUT2D eigenvalue weighted by Crippen LogP contribution is 2.35. The molecule has 2 aliphatic rings. The van der Waals surface area contributed by atoms with E-state index in [4.69, 9.17) is 21.3 Å². The van der Waals surface area contributed by atoms with Crippen LogP contribution in [0, 0.1) is 6.20 Å². The van der Waals surface area contributed by atoms with E-state index >= 15 is 0 Å². The van der Waals surface area contributed by atoms with E-state index in [0.717, 1.165) is 52.3 Å². The minimum absolute atomic E-state index is 0.432. The molecule has 1 fully saturated rings. The highest BCUT2D eigenvalue weighted by molar-refractivity contribution is 6.36. The Labute approximate surface area is 176 Å². The Morgan fingerprint density at radius 2 is 2.07 bits per heavy atom. The molecule has 1 saturated heterocycles. The second kappa shape index (κ2) is 7.81. The third-order valence-electron chi connectivity index (χ3n) is 6.09. The maximum atomic E-state index is 6.54. The fourth-order valence-corrected chi connectivity index (χ4v) is 4.67. The monoisotopic (exact) mass is 407 g/mol. The van der Waals surface area contributed by atoms with Crippen LogP contribution in [0.3, 0.4) is 0 Å². The largest absolute Gasteiger partial charge is 0.462 e. The van der Waals surface area contributed by atoms with Crippen molar-refractivity contribution in [3.8, 4) is 6.01 Å². The van der Waals surface area contributed by atoms with Crippen molar-refractivity contribution in [3.05, 3.63) is 58.9 Å². The number of likely N-dealkylation sites (tertiary alicyclic amines) is 1. The number of nitrogens with zero attached hydrogens (tertiary/aromatic N) is 4. The predicted octanol–water partition coefficient (Wildman–Crippen LogP) is 4.12. The molecular weight excluding hydrogens is 384 g/mol. The topological polar surface area (TPSA) is 41.5 Å². The van der Waals surface area contributed by atoms with Crippen molar-refractivity contribution in [2.24, 2.45) is 0 Å². The van der Waals surface area contributed by atoms with Crippen molar-refractivity contribution in [2.75, 3.05) is 31.6 Å². The normalized spacial score (nSPS) is 19.5. The molecule has 0 bridgehead atoms. The zero-order chi connectivity index (χ0) is 19.8. The fraction of sp³-hybridized carbons (Fsp3) is 0.391. The average molecular weight is 408 g/mol. The summed E-state index contributed by atoms with van der Waals surface area (Å²) in [6.45, 7) is 3.36. The van der Waals surface area contributed by atoms with Gasteiger partial charge in [-0.25, -0.2) is 0 Å². The number of hydrogen-bond donors (Lipinski definition) is 0. The number of ether oxygens (including phenoxy) is 1. The molecule has 2 aliphatic heterocycles. The lowest BCUT2D eigenvalue weighted by molar-refractivity contribution is 0.187. The Kier molecular flexibility index (Phi) is 5.02. The number of rotatable bonds is 4. The molecule has 29 heavy (non-hydrogen) atoms. The smallest absolute Gasteiger partial charge is 0.317 e. The van der Waals surface area contributed by atoms with Gasteiger partial charge in [0.25, 0.3) is 0 Å². The average Bonchev–Trinajstić information content (AvgIpc) is 3.16. The molecule has 3 aromatic rings. The van der Waals surface area contributed by atoms with E-state index in [1.165, 1.54) is 12.8 Å². The minimum Gasteiger partial charge on any atom is -0.462 e. The van der Waals surface area contributed by atoms with Crippen molar-refractivity contribution < 1.29 is 4.74 Å². The van der Waals surface area contributed by atoms with Gasteiger partial charge in [0.1, 0.15) is 12.8 Å². The number of aromatic nitrogens is 2. The van der Waals surface area contributed by atoms with Gasteiger partial charge < -0.3 is 14.5 Å². The molecule has 0 N–H and O–H groups in total. The first kappa shape index (κ1) is 18.6. The second-order valence-electron chi connectivity index (χ2n) is 7.92. The molecular formula is C23H24ClN4O. The van der Waals surface area contributed by atoms with Gasteiger partial charge in [0.15, 0.2) is 0 Å². The zero-order valence-corrected chi connectivity index (χ0v) is 17.3. The summed E-state index contributed by atoms with van der Waals surface area (Å²) in [6.07, 6.45) is 6.42. The van der Waals surface area contributed by atoms with Crippen LogP contribution in [-0.4, -0.2) is 47.7 Å². The number of hydrogen-bond acceptors (Lipinski definition) is 5. The van der Waals surface area contributed by atoms with Crippen LogP contribution in [0.2, 0.25) is 5.02 Å². The van der Waals surface area contributed by atoms with Gasteiger partial charge in [-0.1, -0.05) is 35.9 Å². The van der Waals surface area contributed by atoms with Gasteiger partial charge in [-0.2, -0.15) is 9.97 Å². The van der Waals surface area contributed by atoms with Crippen LogP contribution in [0.5, 0.6) is 6.01 Å². The van der Waals surface area contributed by atoms with Crippen LogP contribution >= 0.6 is 11.6 Å². The second-order valence-corrected chi connectivity index (χ2v) is 8.32. The van der Waals surface area contributed by atoms with Crippen LogP contribution in [0.4, 0.5) is 5.69 Å². The Hall–Kier alpha value is -2.37. The van der Waals surface area contributed by atoms with E-state index < -0.39 is 0 Å². The maximum absolute atomic E-state index is 6.54. The van der Waals surface area contributed by atoms with Gasteiger partial charge >= 0.3 is 6.01 Å². The summed E-state index contributed by atoms with van der Waals surface area (Å²) >= 11 is 6.54. The first-order valence-corrected chi connectivity index (χ1v) is 10.6. The lowest BCUT2D eigenvalue weighted by atomic mass is 10.0. The first-order valence-electron chi connectivity index (χ1n) is 10.2. The van der Waals surface area contributed by atoms with Crippen LogP contribution in [0.1, 0.15) is 24.1 Å². The maximum Gasteiger partial charge on any atom is 0.317 e. The quantitative estimate of drug-likeness (QED) is 0.650. The predicted molar refractivity (Wildman–Crippen MR) is 116 cm³/mol. The number of likely N-dealkylation sites (N-methyl/N-ethyl adjacent to an activating group) is 1. The molecule has 0 spiro atoms. The number of halogens is 1. The van der Waals surface area contributed by atoms with Crippen LogP contribution < -0.4 is 9.64 Å². The van der Waals surface area contributed by atoms with Gasteiger partial charge in [-0.15, -0.1) is 0 Å². The Balaban J connectivity index is 1.38. The van der Waals surface area contributed by atoms with Crippen molar-refractivity contribution in [1.29, 1.82) is 0 Å². The molecule has 1 atom stereocenters. The molecule has 6 heteroatoms. The third kappa shape index (κ3) is 3.65. The molecule has 3 heterocycles. The molecule has 149 valence electrons. The molecule has 2 aromatic carbocycles. The summed E-state index contributed by atoms with van der Waals surface area (Å²) < 4.78 is 5.92. The van der Waals surface area contributed by atoms with Gasteiger partial charge in [0.05, 0.1) is 17.3 Å². The molecule has 0 aliphatic carbocycles. The molecule has 5 nitrogen and oxygen atoms in total. The molecule has 0 amide bonds. The highest BCUT2D eigenvalue weighted by Gasteiger charge is 2.24. The van der Waals surface area contributed by atoms with Gasteiger partial charge in [-0.3, -0.25) is 0 Å². The Morgan fingerprint density at radius 1 is 1.21 bits per heavy atom. The van der Waals surface area contributed by atoms with Crippen LogP contribution in [0.25, 0.3) is 10.8 Å². The lowest BCUT2D eigenvalue weighted by Gasteiger charge is -2.31. The van der Waals surface area contributed by atoms with Gasteiger partial charge in [0.2, 0.25) is 0 Å². The van der Waals surface area contributed by atoms with Gasteiger partial charge in [0, 0.05) is 29.2 Å². The molecule has 0 unspecified atom stereocenters. The van der Waals surface area contributed by atoms with E-state index in [9.17, 15) is 0 Å². The zero-order valence-electron chi connectivity index (χ0n) is 16.6. The Bertz CT molecular complexity index is 1040. The SMILES string of the molecule is CN1CCC[C@H]1COc1n[c]c2c(n1)CN(c1cccc3cccc(Cl)c13)CC2. The van der Waals surface area contributed by atoms with Crippen LogP contribution in [-0.2, 0) is 13.0 Å². The summed E-state index contributed by atoms with van der Waals surface area (Å²) in [5.41, 5.74) is 3.22.